The predicted octanol–water partition coefficient (Wildman–Crippen LogP) is 1.32. The third-order valence-electron chi connectivity index (χ3n) is 6.16. The van der Waals surface area contributed by atoms with E-state index in [4.69, 9.17) is 4.84 Å². The number of nitrogens with one attached hydrogen (secondary N) is 2. The van der Waals surface area contributed by atoms with Crippen LogP contribution in [-0.4, -0.2) is 66.7 Å². The maximum absolute atomic E-state index is 13.4. The number of carbonyl (C=O) groups is 3. The van der Waals surface area contributed by atoms with Gasteiger partial charge in [-0.25, -0.2) is 10.9 Å². The van der Waals surface area contributed by atoms with Gasteiger partial charge >= 0.3 is 5.97 Å². The fourth-order valence-corrected chi connectivity index (χ4v) is 6.44. The fourth-order valence-electron chi connectivity index (χ4n) is 4.47. The van der Waals surface area contributed by atoms with E-state index in [2.05, 4.69) is 38.6 Å². The lowest BCUT2D eigenvalue weighted by Crippen LogP contribution is -2.61. The van der Waals surface area contributed by atoms with E-state index in [0.29, 0.717) is 26.1 Å². The summed E-state index contributed by atoms with van der Waals surface area (Å²) in [5.41, 5.74) is 3.39. The molecule has 8 nitrogen and oxygen atoms in total. The Morgan fingerprint density at radius 2 is 1.75 bits per heavy atom. The minimum Gasteiger partial charge on any atom is -0.368 e. The van der Waals surface area contributed by atoms with Gasteiger partial charge in [0.2, 0.25) is 5.91 Å². The molecule has 0 bridgehead atoms. The van der Waals surface area contributed by atoms with Crippen molar-refractivity contribution in [1.29, 1.82) is 0 Å². The molecule has 3 atom stereocenters. The Balaban J connectivity index is 1.42. The Morgan fingerprint density at radius 1 is 1.06 bits per heavy atom. The second kappa shape index (κ2) is 10.2. The van der Waals surface area contributed by atoms with Crippen molar-refractivity contribution in [2.45, 2.75) is 24.6 Å². The zero-order valence-corrected chi connectivity index (χ0v) is 19.0. The van der Waals surface area contributed by atoms with Crippen LogP contribution in [0.15, 0.2) is 53.3 Å². The average Bonchev–Trinajstić information content (AvgIpc) is 3.37. The van der Waals surface area contributed by atoms with Crippen molar-refractivity contribution in [3.8, 4) is 0 Å². The lowest BCUT2D eigenvalue weighted by atomic mass is 9.88. The number of benzene rings is 1. The SMILES string of the molecule is CC(=O)ONC(=O)C1CC([SH]2C=CC=C2)CNC1C(=O)N1CCN(c2ccccc2)CC1. The molecule has 1 aromatic rings. The van der Waals surface area contributed by atoms with Crippen molar-refractivity contribution in [3.05, 3.63) is 53.3 Å². The summed E-state index contributed by atoms with van der Waals surface area (Å²) in [4.78, 5) is 46.3. The zero-order valence-electron chi connectivity index (χ0n) is 18.1. The lowest BCUT2D eigenvalue weighted by molar-refractivity contribution is -0.159. The monoisotopic (exact) mass is 458 g/mol. The molecular formula is C23H30N4O4S. The van der Waals surface area contributed by atoms with Gasteiger partial charge in [0.05, 0.1) is 12.0 Å². The molecule has 0 radical (unpaired) electrons. The zero-order chi connectivity index (χ0) is 22.5. The molecule has 4 rings (SSSR count). The van der Waals surface area contributed by atoms with Crippen LogP contribution in [0.1, 0.15) is 13.3 Å². The van der Waals surface area contributed by atoms with E-state index in [1.807, 2.05) is 35.3 Å². The number of piperidine rings is 1. The Kier molecular flexibility index (Phi) is 7.16. The molecule has 2 N–H and O–H groups in total. The molecule has 2 fully saturated rings. The number of hydrogen-bond acceptors (Lipinski definition) is 6. The summed E-state index contributed by atoms with van der Waals surface area (Å²) >= 11 is 0. The van der Waals surface area contributed by atoms with Crippen molar-refractivity contribution >= 4 is 34.4 Å². The Morgan fingerprint density at radius 3 is 2.41 bits per heavy atom. The smallest absolute Gasteiger partial charge is 0.329 e. The molecule has 32 heavy (non-hydrogen) atoms. The number of rotatable bonds is 4. The van der Waals surface area contributed by atoms with E-state index < -0.39 is 34.7 Å². The highest BCUT2D eigenvalue weighted by atomic mass is 32.2. The van der Waals surface area contributed by atoms with Crippen molar-refractivity contribution in [2.75, 3.05) is 37.6 Å². The second-order valence-electron chi connectivity index (χ2n) is 8.22. The molecule has 0 spiro atoms. The minimum absolute atomic E-state index is 0.0654. The van der Waals surface area contributed by atoms with E-state index >= 15 is 0 Å². The molecule has 2 amide bonds. The number of hydrogen-bond donors (Lipinski definition) is 3. The van der Waals surface area contributed by atoms with E-state index in [0.717, 1.165) is 18.8 Å². The van der Waals surface area contributed by atoms with E-state index in [-0.39, 0.29) is 11.2 Å². The number of para-hydroxylation sites is 1. The standard InChI is InChI=1S/C23H30N4O4S/c1-17(28)31-25-22(29)20-15-19(32-13-5-6-14-32)16-24-21(20)23(30)27-11-9-26(10-12-27)18-7-3-2-4-8-18/h2-8,13-14,19-21,24,32H,9-12,15-16H2,1H3,(H,25,29). The summed E-state index contributed by atoms with van der Waals surface area (Å²) < 4.78 is 0. The molecular weight excluding hydrogens is 428 g/mol. The van der Waals surface area contributed by atoms with E-state index in [9.17, 15) is 14.4 Å². The van der Waals surface area contributed by atoms with Gasteiger partial charge in [-0.05, 0) is 29.4 Å². The normalized spacial score (nSPS) is 26.2. The molecule has 1 aromatic carbocycles. The molecule has 172 valence electrons. The molecule has 3 aliphatic rings. The number of allylic oxidation sites excluding steroid dienone is 2. The van der Waals surface area contributed by atoms with Crippen molar-refractivity contribution < 1.29 is 19.2 Å². The molecule has 0 saturated carbocycles. The van der Waals surface area contributed by atoms with Crippen molar-refractivity contribution in [1.82, 2.24) is 15.7 Å². The lowest BCUT2D eigenvalue weighted by Gasteiger charge is -2.42. The molecule has 2 saturated heterocycles. The van der Waals surface area contributed by atoms with E-state index in [1.54, 1.807) is 0 Å². The van der Waals surface area contributed by atoms with Crippen LogP contribution in [0, 0.1) is 5.92 Å². The Labute approximate surface area is 191 Å². The van der Waals surface area contributed by atoms with Gasteiger partial charge in [0.25, 0.3) is 5.91 Å². The Hall–Kier alpha value is -2.78. The molecule has 3 unspecified atom stereocenters. The number of anilines is 1. The number of thiol groups is 1. The van der Waals surface area contributed by atoms with Gasteiger partial charge in [0.1, 0.15) is 0 Å². The molecule has 9 heteroatoms. The summed E-state index contributed by atoms with van der Waals surface area (Å²) in [7, 11) is -0.464. The minimum atomic E-state index is -0.629. The summed E-state index contributed by atoms with van der Waals surface area (Å²) in [6.45, 7) is 4.61. The van der Waals surface area contributed by atoms with Gasteiger partial charge in [0, 0.05) is 50.6 Å². The summed E-state index contributed by atoms with van der Waals surface area (Å²) in [6.07, 6.45) is 4.63. The van der Waals surface area contributed by atoms with Crippen molar-refractivity contribution in [3.63, 3.8) is 0 Å². The first kappa shape index (κ1) is 22.4. The van der Waals surface area contributed by atoms with Crippen LogP contribution >= 0.6 is 10.9 Å². The number of carbonyl (C=O) groups excluding carboxylic acids is 3. The van der Waals surface area contributed by atoms with Crippen LogP contribution in [0.2, 0.25) is 0 Å². The van der Waals surface area contributed by atoms with Crippen LogP contribution in [0.25, 0.3) is 0 Å². The van der Waals surface area contributed by atoms with Crippen LogP contribution in [-0.2, 0) is 19.2 Å². The van der Waals surface area contributed by atoms with Crippen molar-refractivity contribution in [2.24, 2.45) is 5.92 Å². The summed E-state index contributed by atoms with van der Waals surface area (Å²) in [5.74, 6) is -1.69. The van der Waals surface area contributed by atoms with Gasteiger partial charge < -0.3 is 20.0 Å². The van der Waals surface area contributed by atoms with Gasteiger partial charge in [0.15, 0.2) is 0 Å². The summed E-state index contributed by atoms with van der Waals surface area (Å²) in [6, 6.07) is 9.53. The summed E-state index contributed by atoms with van der Waals surface area (Å²) in [5, 5.41) is 7.95. The predicted molar refractivity (Wildman–Crippen MR) is 126 cm³/mol. The highest BCUT2D eigenvalue weighted by molar-refractivity contribution is 8.22. The fraction of sp³-hybridized carbons (Fsp3) is 0.435. The maximum Gasteiger partial charge on any atom is 0.329 e. The first-order chi connectivity index (χ1) is 15.5. The van der Waals surface area contributed by atoms with Gasteiger partial charge in [-0.2, -0.15) is 5.48 Å². The molecule has 3 aliphatic heterocycles. The topological polar surface area (TPSA) is 91.0 Å². The van der Waals surface area contributed by atoms with Crippen LogP contribution in [0.4, 0.5) is 5.69 Å². The quantitative estimate of drug-likeness (QED) is 0.466. The number of nitrogens with zero attached hydrogens (tertiary/aromatic N) is 2. The number of amides is 2. The van der Waals surface area contributed by atoms with Crippen LogP contribution < -0.4 is 15.7 Å². The van der Waals surface area contributed by atoms with Gasteiger partial charge in [-0.1, -0.05) is 30.4 Å². The largest absolute Gasteiger partial charge is 0.368 e. The highest BCUT2D eigenvalue weighted by Gasteiger charge is 2.42. The van der Waals surface area contributed by atoms with Crippen LogP contribution in [0.3, 0.4) is 0 Å². The van der Waals surface area contributed by atoms with Crippen LogP contribution in [0.5, 0.6) is 0 Å². The number of piperazine rings is 1. The molecule has 0 aliphatic carbocycles. The van der Waals surface area contributed by atoms with E-state index in [1.165, 1.54) is 6.92 Å². The van der Waals surface area contributed by atoms with Gasteiger partial charge in [-0.15, -0.1) is 0 Å². The Bertz CT molecular complexity index is 887. The third-order valence-corrected chi connectivity index (χ3v) is 8.43. The molecule has 0 aromatic heterocycles. The maximum atomic E-state index is 13.4. The molecule has 3 heterocycles. The second-order valence-corrected chi connectivity index (χ2v) is 10.4. The first-order valence-electron chi connectivity index (χ1n) is 10.9. The average molecular weight is 459 g/mol. The number of hydroxylamine groups is 1. The first-order valence-corrected chi connectivity index (χ1v) is 12.5. The highest BCUT2D eigenvalue weighted by Crippen LogP contribution is 2.42. The third kappa shape index (κ3) is 5.16. The van der Waals surface area contributed by atoms with Gasteiger partial charge in [-0.3, -0.25) is 14.4 Å².